The minimum absolute atomic E-state index is 0.00622. The molecule has 0 aromatic heterocycles. The van der Waals surface area contributed by atoms with Crippen molar-refractivity contribution in [3.63, 3.8) is 0 Å². The third-order valence-corrected chi connectivity index (χ3v) is 5.01. The molecule has 2 aromatic carbocycles. The molecule has 2 rings (SSSR count). The maximum Gasteiger partial charge on any atom is 0.251 e. The average Bonchev–Trinajstić information content (AvgIpc) is 2.61. The van der Waals surface area contributed by atoms with Crippen LogP contribution in [0.1, 0.15) is 29.8 Å². The molecule has 0 aliphatic carbocycles. The summed E-state index contributed by atoms with van der Waals surface area (Å²) in [7, 11) is -3.33. The van der Waals surface area contributed by atoms with Crippen molar-refractivity contribution < 1.29 is 17.9 Å². The van der Waals surface area contributed by atoms with Gasteiger partial charge in [-0.05, 0) is 57.2 Å². The maximum absolute atomic E-state index is 12.3. The van der Waals surface area contributed by atoms with E-state index in [-0.39, 0.29) is 17.7 Å². The van der Waals surface area contributed by atoms with E-state index in [2.05, 4.69) is 10.0 Å². The smallest absolute Gasteiger partial charge is 0.251 e. The number of carbonyl (C=O) groups is 1. The molecule has 6 nitrogen and oxygen atoms in total. The fraction of sp³-hybridized carbons (Fsp3) is 0.316. The van der Waals surface area contributed by atoms with Gasteiger partial charge in [-0.2, -0.15) is 0 Å². The van der Waals surface area contributed by atoms with Gasteiger partial charge in [-0.1, -0.05) is 17.7 Å². The highest BCUT2D eigenvalue weighted by Crippen LogP contribution is 2.13. The van der Waals surface area contributed by atoms with Crippen LogP contribution in [0.4, 0.5) is 5.69 Å². The van der Waals surface area contributed by atoms with E-state index in [0.29, 0.717) is 17.9 Å². The van der Waals surface area contributed by atoms with Crippen molar-refractivity contribution in [1.82, 2.24) is 5.32 Å². The van der Waals surface area contributed by atoms with E-state index in [0.717, 1.165) is 11.3 Å². The van der Waals surface area contributed by atoms with E-state index in [1.165, 1.54) is 0 Å². The van der Waals surface area contributed by atoms with E-state index in [1.54, 1.807) is 31.2 Å². The first-order valence-electron chi connectivity index (χ1n) is 8.40. The topological polar surface area (TPSA) is 84.5 Å². The van der Waals surface area contributed by atoms with Crippen LogP contribution < -0.4 is 14.8 Å². The third-order valence-electron chi connectivity index (χ3n) is 3.70. The summed E-state index contributed by atoms with van der Waals surface area (Å²) < 4.78 is 31.2. The lowest BCUT2D eigenvalue weighted by molar-refractivity contribution is 0.0926. The summed E-state index contributed by atoms with van der Waals surface area (Å²) in [5.74, 6) is 0.507. The maximum atomic E-state index is 12.3. The Morgan fingerprint density at radius 2 is 1.69 bits per heavy atom. The predicted molar refractivity (Wildman–Crippen MR) is 103 cm³/mol. The standard InChI is InChI=1S/C19H24N2O4S/c1-4-26(23,24)21-17-9-7-16(8-10-17)19(22)20-15(3)13-25-18-11-5-14(2)6-12-18/h5-12,15,21H,4,13H2,1-3H3,(H,20,22)/t15-/m1/s1. The van der Waals surface area contributed by atoms with Gasteiger partial charge < -0.3 is 10.1 Å². The van der Waals surface area contributed by atoms with Crippen molar-refractivity contribution in [1.29, 1.82) is 0 Å². The molecule has 1 amide bonds. The van der Waals surface area contributed by atoms with E-state index in [4.69, 9.17) is 4.74 Å². The van der Waals surface area contributed by atoms with Crippen LogP contribution in [0, 0.1) is 6.92 Å². The normalized spacial score (nSPS) is 12.3. The number of rotatable bonds is 8. The number of carbonyl (C=O) groups excluding carboxylic acids is 1. The SMILES string of the molecule is CCS(=O)(=O)Nc1ccc(C(=O)N[C@H](C)COc2ccc(C)cc2)cc1. The molecule has 0 aliphatic heterocycles. The lowest BCUT2D eigenvalue weighted by atomic mass is 10.2. The molecule has 7 heteroatoms. The Hall–Kier alpha value is -2.54. The first kappa shape index (κ1) is 19.8. The molecule has 26 heavy (non-hydrogen) atoms. The van der Waals surface area contributed by atoms with Gasteiger partial charge in [0.2, 0.25) is 10.0 Å². The Labute approximate surface area is 154 Å². The highest BCUT2D eigenvalue weighted by atomic mass is 32.2. The molecular weight excluding hydrogens is 352 g/mol. The first-order chi connectivity index (χ1) is 12.3. The molecule has 2 N–H and O–H groups in total. The van der Waals surface area contributed by atoms with Crippen LogP contribution in [0.2, 0.25) is 0 Å². The number of ether oxygens (including phenoxy) is 1. The zero-order valence-electron chi connectivity index (χ0n) is 15.2. The van der Waals surface area contributed by atoms with Gasteiger partial charge in [-0.15, -0.1) is 0 Å². The minimum Gasteiger partial charge on any atom is -0.491 e. The number of anilines is 1. The Bertz CT molecular complexity index is 831. The third kappa shape index (κ3) is 6.07. The van der Waals surface area contributed by atoms with Crippen LogP contribution in [0.3, 0.4) is 0 Å². The molecule has 0 bridgehead atoms. The van der Waals surface area contributed by atoms with Gasteiger partial charge in [0, 0.05) is 11.3 Å². The average molecular weight is 376 g/mol. The zero-order chi connectivity index (χ0) is 19.2. The quantitative estimate of drug-likeness (QED) is 0.742. The zero-order valence-corrected chi connectivity index (χ0v) is 16.0. The van der Waals surface area contributed by atoms with Crippen LogP contribution in [0.15, 0.2) is 48.5 Å². The fourth-order valence-electron chi connectivity index (χ4n) is 2.15. The minimum atomic E-state index is -3.33. The van der Waals surface area contributed by atoms with E-state index in [1.807, 2.05) is 38.1 Å². The molecule has 0 radical (unpaired) electrons. The second-order valence-electron chi connectivity index (χ2n) is 6.08. The summed E-state index contributed by atoms with van der Waals surface area (Å²) in [4.78, 5) is 12.3. The number of sulfonamides is 1. The van der Waals surface area contributed by atoms with E-state index in [9.17, 15) is 13.2 Å². The largest absolute Gasteiger partial charge is 0.491 e. The molecule has 1 atom stereocenters. The molecule has 0 aliphatic rings. The Morgan fingerprint density at radius 3 is 2.27 bits per heavy atom. The molecule has 0 unspecified atom stereocenters. The molecule has 2 aromatic rings. The summed E-state index contributed by atoms with van der Waals surface area (Å²) in [6.45, 7) is 5.77. The molecule has 0 saturated carbocycles. The van der Waals surface area contributed by atoms with Gasteiger partial charge in [-0.25, -0.2) is 8.42 Å². The summed E-state index contributed by atoms with van der Waals surface area (Å²) in [5, 5.41) is 2.85. The second-order valence-corrected chi connectivity index (χ2v) is 8.09. The van der Waals surface area contributed by atoms with Crippen molar-refractivity contribution in [2.24, 2.45) is 0 Å². The van der Waals surface area contributed by atoms with Gasteiger partial charge >= 0.3 is 0 Å². The number of hydrogen-bond acceptors (Lipinski definition) is 4. The Morgan fingerprint density at radius 1 is 1.08 bits per heavy atom. The predicted octanol–water partition coefficient (Wildman–Crippen LogP) is 2.95. The highest BCUT2D eigenvalue weighted by molar-refractivity contribution is 7.92. The van der Waals surface area contributed by atoms with Crippen molar-refractivity contribution in [3.05, 3.63) is 59.7 Å². The molecule has 140 valence electrons. The Balaban J connectivity index is 1.87. The molecular formula is C19H24N2O4S. The van der Waals surface area contributed by atoms with E-state index >= 15 is 0 Å². The van der Waals surface area contributed by atoms with Crippen molar-refractivity contribution in [3.8, 4) is 5.75 Å². The van der Waals surface area contributed by atoms with Crippen molar-refractivity contribution >= 4 is 21.6 Å². The van der Waals surface area contributed by atoms with Crippen molar-refractivity contribution in [2.45, 2.75) is 26.8 Å². The van der Waals surface area contributed by atoms with Gasteiger partial charge in [0.15, 0.2) is 0 Å². The number of aryl methyl sites for hydroxylation is 1. The Kier molecular flexibility index (Phi) is 6.63. The van der Waals surface area contributed by atoms with Crippen LogP contribution in [-0.4, -0.2) is 32.7 Å². The van der Waals surface area contributed by atoms with Crippen LogP contribution in [0.25, 0.3) is 0 Å². The monoisotopic (exact) mass is 376 g/mol. The summed E-state index contributed by atoms with van der Waals surface area (Å²) >= 11 is 0. The van der Waals surface area contributed by atoms with Gasteiger partial charge in [0.25, 0.3) is 5.91 Å². The lowest BCUT2D eigenvalue weighted by Gasteiger charge is -2.15. The first-order valence-corrected chi connectivity index (χ1v) is 10.0. The lowest BCUT2D eigenvalue weighted by Crippen LogP contribution is -2.36. The van der Waals surface area contributed by atoms with Crippen LogP contribution in [-0.2, 0) is 10.0 Å². The molecule has 0 spiro atoms. The van der Waals surface area contributed by atoms with Gasteiger partial charge in [0.1, 0.15) is 12.4 Å². The highest BCUT2D eigenvalue weighted by Gasteiger charge is 2.12. The summed E-state index contributed by atoms with van der Waals surface area (Å²) in [6.07, 6.45) is 0. The van der Waals surface area contributed by atoms with E-state index < -0.39 is 10.0 Å². The number of hydrogen-bond donors (Lipinski definition) is 2. The second kappa shape index (κ2) is 8.71. The van der Waals surface area contributed by atoms with Gasteiger partial charge in [0.05, 0.1) is 11.8 Å². The fourth-order valence-corrected chi connectivity index (χ4v) is 2.79. The molecule has 0 heterocycles. The molecule has 0 saturated heterocycles. The van der Waals surface area contributed by atoms with Crippen molar-refractivity contribution in [2.75, 3.05) is 17.1 Å². The summed E-state index contributed by atoms with van der Waals surface area (Å²) in [6, 6.07) is 13.8. The van der Waals surface area contributed by atoms with Crippen LogP contribution in [0.5, 0.6) is 5.75 Å². The number of amides is 1. The summed E-state index contributed by atoms with van der Waals surface area (Å²) in [5.41, 5.74) is 2.04. The number of nitrogens with one attached hydrogen (secondary N) is 2. The van der Waals surface area contributed by atoms with Crippen LogP contribution >= 0.6 is 0 Å². The number of benzene rings is 2. The van der Waals surface area contributed by atoms with Gasteiger partial charge in [-0.3, -0.25) is 9.52 Å². The molecule has 0 fully saturated rings.